The van der Waals surface area contributed by atoms with Gasteiger partial charge in [-0.25, -0.2) is 14.7 Å². The number of nitrogens with two attached hydrogens (primary N) is 1. The largest absolute Gasteiger partial charge is 0.300 e. The lowest BCUT2D eigenvalue weighted by molar-refractivity contribution is 0.121. The van der Waals surface area contributed by atoms with Crippen molar-refractivity contribution in [3.05, 3.63) is 34.9 Å². The molecule has 0 aliphatic heterocycles. The third-order valence-electron chi connectivity index (χ3n) is 1.49. The minimum atomic E-state index is -0.897. The molecule has 2 N–H and O–H groups in total. The van der Waals surface area contributed by atoms with Gasteiger partial charge in [0.05, 0.1) is 6.61 Å². The second-order valence-corrected chi connectivity index (χ2v) is 2.53. The molecule has 0 aliphatic rings. The van der Waals surface area contributed by atoms with E-state index in [1.165, 1.54) is 6.07 Å². The fraction of sp³-hybridized carbons (Fsp3) is 0.250. The number of aryl methyl sites for hydroxylation is 1. The van der Waals surface area contributed by atoms with Crippen molar-refractivity contribution in [2.75, 3.05) is 0 Å². The summed E-state index contributed by atoms with van der Waals surface area (Å²) in [5, 5.41) is 0. The van der Waals surface area contributed by atoms with Gasteiger partial charge in [-0.3, -0.25) is 4.84 Å². The lowest BCUT2D eigenvalue weighted by Gasteiger charge is -2.03. The van der Waals surface area contributed by atoms with Gasteiger partial charge in [-0.1, -0.05) is 6.07 Å². The normalized spacial score (nSPS) is 10.3. The minimum absolute atomic E-state index is 0.121. The van der Waals surface area contributed by atoms with E-state index < -0.39 is 11.6 Å². The molecule has 66 valence electrons. The van der Waals surface area contributed by atoms with Gasteiger partial charge < -0.3 is 0 Å². The number of hydrogen-bond donors (Lipinski definition) is 1. The Labute approximate surface area is 68.9 Å². The molecule has 0 fully saturated rings. The average molecular weight is 173 g/mol. The first-order chi connectivity index (χ1) is 5.65. The van der Waals surface area contributed by atoms with Crippen LogP contribution in [-0.2, 0) is 11.4 Å². The zero-order valence-corrected chi connectivity index (χ0v) is 6.60. The summed E-state index contributed by atoms with van der Waals surface area (Å²) in [5.41, 5.74) is 0.774. The maximum absolute atomic E-state index is 12.9. The first kappa shape index (κ1) is 9.09. The van der Waals surface area contributed by atoms with Gasteiger partial charge in [0.25, 0.3) is 0 Å². The number of hydrogen-bond acceptors (Lipinski definition) is 2. The summed E-state index contributed by atoms with van der Waals surface area (Å²) in [4.78, 5) is 4.21. The standard InChI is InChI=1S/C8H9F2NO/c1-5-2-6(4-12-11)8(10)7(9)3-5/h2-3H,4,11H2,1H3. The molecule has 0 saturated carbocycles. The Hall–Kier alpha value is -1.00. The Morgan fingerprint density at radius 2 is 2.08 bits per heavy atom. The first-order valence-corrected chi connectivity index (χ1v) is 3.41. The molecular weight excluding hydrogens is 164 g/mol. The Kier molecular flexibility index (Phi) is 2.73. The van der Waals surface area contributed by atoms with Crippen molar-refractivity contribution in [1.29, 1.82) is 0 Å². The summed E-state index contributed by atoms with van der Waals surface area (Å²) < 4.78 is 25.6. The lowest BCUT2D eigenvalue weighted by Crippen LogP contribution is -2.03. The first-order valence-electron chi connectivity index (χ1n) is 3.41. The third-order valence-corrected chi connectivity index (χ3v) is 1.49. The maximum Gasteiger partial charge on any atom is 0.164 e. The van der Waals surface area contributed by atoms with Crippen LogP contribution in [0.4, 0.5) is 8.78 Å². The smallest absolute Gasteiger partial charge is 0.164 e. The zero-order valence-electron chi connectivity index (χ0n) is 6.60. The SMILES string of the molecule is Cc1cc(F)c(F)c(CON)c1. The van der Waals surface area contributed by atoms with E-state index in [9.17, 15) is 8.78 Å². The van der Waals surface area contributed by atoms with Crippen molar-refractivity contribution in [3.63, 3.8) is 0 Å². The van der Waals surface area contributed by atoms with Crippen LogP contribution in [0.3, 0.4) is 0 Å². The summed E-state index contributed by atoms with van der Waals surface area (Å²) in [5.74, 6) is 2.97. The quantitative estimate of drug-likeness (QED) is 0.690. The van der Waals surface area contributed by atoms with Crippen molar-refractivity contribution in [3.8, 4) is 0 Å². The van der Waals surface area contributed by atoms with Gasteiger partial charge in [0.2, 0.25) is 0 Å². The van der Waals surface area contributed by atoms with E-state index in [1.54, 1.807) is 6.92 Å². The summed E-state index contributed by atoms with van der Waals surface area (Å²) >= 11 is 0. The third kappa shape index (κ3) is 1.78. The van der Waals surface area contributed by atoms with E-state index in [0.717, 1.165) is 6.07 Å². The van der Waals surface area contributed by atoms with Crippen LogP contribution in [0.5, 0.6) is 0 Å². The molecule has 1 aromatic rings. The Morgan fingerprint density at radius 1 is 1.42 bits per heavy atom. The predicted octanol–water partition coefficient (Wildman–Crippen LogP) is 1.66. The molecule has 0 saturated heterocycles. The molecule has 12 heavy (non-hydrogen) atoms. The summed E-state index contributed by atoms with van der Waals surface area (Å²) in [6.45, 7) is 1.55. The van der Waals surface area contributed by atoms with Gasteiger partial charge >= 0.3 is 0 Å². The Balaban J connectivity index is 3.09. The molecule has 0 spiro atoms. The molecule has 0 aliphatic carbocycles. The Morgan fingerprint density at radius 3 is 2.67 bits per heavy atom. The van der Waals surface area contributed by atoms with Crippen molar-refractivity contribution < 1.29 is 13.6 Å². The molecule has 2 nitrogen and oxygen atoms in total. The molecular formula is C8H9F2NO. The lowest BCUT2D eigenvalue weighted by atomic mass is 10.1. The molecule has 0 bridgehead atoms. The highest BCUT2D eigenvalue weighted by molar-refractivity contribution is 5.24. The van der Waals surface area contributed by atoms with Crippen LogP contribution in [-0.4, -0.2) is 0 Å². The number of benzene rings is 1. The monoisotopic (exact) mass is 173 g/mol. The van der Waals surface area contributed by atoms with Gasteiger partial charge in [0, 0.05) is 5.56 Å². The van der Waals surface area contributed by atoms with Crippen LogP contribution in [0.1, 0.15) is 11.1 Å². The van der Waals surface area contributed by atoms with Crippen LogP contribution in [0.25, 0.3) is 0 Å². The van der Waals surface area contributed by atoms with Gasteiger partial charge in [-0.2, -0.15) is 0 Å². The highest BCUT2D eigenvalue weighted by Gasteiger charge is 2.08. The predicted molar refractivity (Wildman–Crippen MR) is 40.1 cm³/mol. The van der Waals surface area contributed by atoms with Crippen LogP contribution < -0.4 is 5.90 Å². The van der Waals surface area contributed by atoms with E-state index in [1.807, 2.05) is 0 Å². The average Bonchev–Trinajstić information content (AvgIpc) is 2.00. The van der Waals surface area contributed by atoms with Crippen molar-refractivity contribution >= 4 is 0 Å². The maximum atomic E-state index is 12.9. The van der Waals surface area contributed by atoms with E-state index in [0.29, 0.717) is 5.56 Å². The molecule has 0 amide bonds. The molecule has 4 heteroatoms. The molecule has 1 rings (SSSR count). The highest BCUT2D eigenvalue weighted by atomic mass is 19.2. The molecule has 0 heterocycles. The van der Waals surface area contributed by atoms with Crippen LogP contribution in [0.15, 0.2) is 12.1 Å². The Bertz CT molecular complexity index is 289. The van der Waals surface area contributed by atoms with E-state index in [4.69, 9.17) is 5.90 Å². The van der Waals surface area contributed by atoms with E-state index in [2.05, 4.69) is 4.84 Å². The molecule has 1 aromatic carbocycles. The highest BCUT2D eigenvalue weighted by Crippen LogP contribution is 2.14. The van der Waals surface area contributed by atoms with E-state index >= 15 is 0 Å². The molecule has 0 radical (unpaired) electrons. The van der Waals surface area contributed by atoms with E-state index in [-0.39, 0.29) is 12.2 Å². The fourth-order valence-corrected chi connectivity index (χ4v) is 0.991. The minimum Gasteiger partial charge on any atom is -0.300 e. The number of halogens is 2. The molecule has 0 atom stereocenters. The second kappa shape index (κ2) is 3.60. The summed E-state index contributed by atoms with van der Waals surface area (Å²) in [6.07, 6.45) is 0. The van der Waals surface area contributed by atoms with Crippen LogP contribution in [0.2, 0.25) is 0 Å². The van der Waals surface area contributed by atoms with Crippen molar-refractivity contribution in [1.82, 2.24) is 0 Å². The number of rotatable bonds is 2. The van der Waals surface area contributed by atoms with Crippen molar-refractivity contribution in [2.45, 2.75) is 13.5 Å². The van der Waals surface area contributed by atoms with Gasteiger partial charge in [-0.15, -0.1) is 0 Å². The summed E-state index contributed by atoms with van der Waals surface area (Å²) in [7, 11) is 0. The fourth-order valence-electron chi connectivity index (χ4n) is 0.991. The van der Waals surface area contributed by atoms with Crippen LogP contribution >= 0.6 is 0 Å². The second-order valence-electron chi connectivity index (χ2n) is 2.53. The van der Waals surface area contributed by atoms with Crippen LogP contribution in [0, 0.1) is 18.6 Å². The van der Waals surface area contributed by atoms with Gasteiger partial charge in [0.15, 0.2) is 11.6 Å². The topological polar surface area (TPSA) is 35.2 Å². The zero-order chi connectivity index (χ0) is 9.14. The summed E-state index contributed by atoms with van der Waals surface area (Å²) in [6, 6.07) is 2.61. The van der Waals surface area contributed by atoms with Gasteiger partial charge in [0.1, 0.15) is 0 Å². The molecule has 0 aromatic heterocycles. The van der Waals surface area contributed by atoms with Crippen molar-refractivity contribution in [2.24, 2.45) is 5.90 Å². The van der Waals surface area contributed by atoms with Gasteiger partial charge in [-0.05, 0) is 18.6 Å². The molecule has 0 unspecified atom stereocenters.